The van der Waals surface area contributed by atoms with Crippen molar-refractivity contribution >= 4 is 11.8 Å². The van der Waals surface area contributed by atoms with Gasteiger partial charge in [0.15, 0.2) is 0 Å². The minimum atomic E-state index is -0.298. The lowest BCUT2D eigenvalue weighted by Gasteiger charge is -2.62. The Morgan fingerprint density at radius 3 is 2.17 bits per heavy atom. The van der Waals surface area contributed by atoms with Crippen molar-refractivity contribution in [1.82, 2.24) is 25.6 Å². The van der Waals surface area contributed by atoms with Crippen LogP contribution in [0.15, 0.2) is 36.7 Å². The van der Waals surface area contributed by atoms with Gasteiger partial charge in [0.25, 0.3) is 11.8 Å². The molecule has 4 fully saturated rings. The number of carbonyl (C=O) groups excluding carboxylic acids is 2. The first-order valence-electron chi connectivity index (χ1n) is 10.3. The number of aryl methyl sites for hydroxylation is 1. The van der Waals surface area contributed by atoms with Gasteiger partial charge in [-0.25, -0.2) is 15.0 Å². The number of aromatic nitrogens is 3. The summed E-state index contributed by atoms with van der Waals surface area (Å²) in [5.74, 6) is 0.876. The Morgan fingerprint density at radius 2 is 1.55 bits per heavy atom. The van der Waals surface area contributed by atoms with Crippen molar-refractivity contribution in [3.8, 4) is 0 Å². The van der Waals surface area contributed by atoms with E-state index in [1.165, 1.54) is 6.42 Å². The molecule has 0 saturated heterocycles. The molecule has 0 spiro atoms. The lowest BCUT2D eigenvalue weighted by molar-refractivity contribution is -0.0449. The molecule has 29 heavy (non-hydrogen) atoms. The van der Waals surface area contributed by atoms with Crippen LogP contribution in [0.3, 0.4) is 0 Å². The fourth-order valence-electron chi connectivity index (χ4n) is 6.24. The Balaban J connectivity index is 1.38. The van der Waals surface area contributed by atoms with Crippen LogP contribution in [0.1, 0.15) is 65.3 Å². The van der Waals surface area contributed by atoms with Crippen LogP contribution >= 0.6 is 0 Å². The molecule has 2 amide bonds. The summed E-state index contributed by atoms with van der Waals surface area (Å²) in [6.07, 6.45) is 8.96. The van der Waals surface area contributed by atoms with E-state index in [9.17, 15) is 9.59 Å². The quantitative estimate of drug-likeness (QED) is 0.834. The van der Waals surface area contributed by atoms with Gasteiger partial charge >= 0.3 is 0 Å². The highest BCUT2D eigenvalue weighted by atomic mass is 16.2. The summed E-state index contributed by atoms with van der Waals surface area (Å²) in [7, 11) is 0. The highest BCUT2D eigenvalue weighted by Gasteiger charge is 2.59. The third kappa shape index (κ3) is 3.39. The van der Waals surface area contributed by atoms with Gasteiger partial charge in [-0.05, 0) is 75.5 Å². The highest BCUT2D eigenvalue weighted by Crippen LogP contribution is 2.57. The summed E-state index contributed by atoms with van der Waals surface area (Å²) in [5, 5.41) is 6.58. The van der Waals surface area contributed by atoms with Gasteiger partial charge in [0.2, 0.25) is 5.82 Å². The lowest BCUT2D eigenvalue weighted by atomic mass is 9.50. The monoisotopic (exact) mass is 391 g/mol. The standard InChI is InChI=1S/C22H25N5O2/c1-14-4-2-5-17(25-14)19(28)26-21-9-15-8-16(10-21)12-22(11-15,13-21)27-20(29)18-23-6-3-7-24-18/h2-7,15-16H,8-13H2,1H3,(H,26,28)(H,27,29). The molecule has 0 aromatic carbocycles. The minimum Gasteiger partial charge on any atom is -0.345 e. The predicted octanol–water partition coefficient (Wildman–Crippen LogP) is 2.43. The molecule has 7 nitrogen and oxygen atoms in total. The van der Waals surface area contributed by atoms with Crippen LogP contribution in [0.4, 0.5) is 0 Å². The van der Waals surface area contributed by atoms with E-state index in [0.717, 1.165) is 37.8 Å². The largest absolute Gasteiger partial charge is 0.345 e. The number of amides is 2. The Labute approximate surface area is 169 Å². The molecule has 0 radical (unpaired) electrons. The van der Waals surface area contributed by atoms with E-state index in [1.807, 2.05) is 19.1 Å². The third-order valence-electron chi connectivity index (χ3n) is 6.71. The van der Waals surface area contributed by atoms with E-state index in [0.29, 0.717) is 17.5 Å². The van der Waals surface area contributed by atoms with Gasteiger partial charge in [-0.15, -0.1) is 0 Å². The van der Waals surface area contributed by atoms with Gasteiger partial charge in [0.05, 0.1) is 0 Å². The van der Waals surface area contributed by atoms with Crippen molar-refractivity contribution in [2.45, 2.75) is 56.5 Å². The van der Waals surface area contributed by atoms with Crippen LogP contribution in [0, 0.1) is 18.8 Å². The van der Waals surface area contributed by atoms with Gasteiger partial charge in [-0.1, -0.05) is 6.07 Å². The molecule has 4 aliphatic carbocycles. The normalized spacial score (nSPS) is 32.0. The SMILES string of the molecule is Cc1cccc(C(=O)NC23CC4CC(C2)CC(NC(=O)c2ncccn2)(C4)C3)n1. The van der Waals surface area contributed by atoms with Gasteiger partial charge in [-0.3, -0.25) is 9.59 Å². The van der Waals surface area contributed by atoms with Crippen molar-refractivity contribution in [3.05, 3.63) is 53.9 Å². The maximum Gasteiger partial charge on any atom is 0.289 e. The zero-order chi connectivity index (χ0) is 20.1. The van der Waals surface area contributed by atoms with Crippen LogP contribution < -0.4 is 10.6 Å². The highest BCUT2D eigenvalue weighted by molar-refractivity contribution is 5.93. The summed E-state index contributed by atoms with van der Waals surface area (Å²) in [5.41, 5.74) is 0.705. The summed E-state index contributed by atoms with van der Waals surface area (Å²) in [6, 6.07) is 7.20. The smallest absolute Gasteiger partial charge is 0.289 e. The molecule has 2 heterocycles. The van der Waals surface area contributed by atoms with Gasteiger partial charge in [0, 0.05) is 29.2 Å². The van der Waals surface area contributed by atoms with Crippen molar-refractivity contribution in [2.75, 3.05) is 0 Å². The second-order valence-corrected chi connectivity index (χ2v) is 9.17. The van der Waals surface area contributed by atoms with Gasteiger partial charge in [-0.2, -0.15) is 0 Å². The maximum absolute atomic E-state index is 12.9. The van der Waals surface area contributed by atoms with E-state index in [1.54, 1.807) is 24.5 Å². The molecule has 150 valence electrons. The first kappa shape index (κ1) is 18.2. The molecule has 4 aliphatic rings. The van der Waals surface area contributed by atoms with Crippen LogP contribution in [-0.2, 0) is 0 Å². The molecule has 2 atom stereocenters. The minimum absolute atomic E-state index is 0.122. The van der Waals surface area contributed by atoms with E-state index < -0.39 is 0 Å². The van der Waals surface area contributed by atoms with Crippen LogP contribution in [0.5, 0.6) is 0 Å². The first-order valence-corrected chi connectivity index (χ1v) is 10.3. The Morgan fingerprint density at radius 1 is 0.931 bits per heavy atom. The topological polar surface area (TPSA) is 96.9 Å². The lowest BCUT2D eigenvalue weighted by Crippen LogP contribution is -2.70. The van der Waals surface area contributed by atoms with Gasteiger partial charge < -0.3 is 10.6 Å². The number of nitrogens with zero attached hydrogens (tertiary/aromatic N) is 3. The van der Waals surface area contributed by atoms with Crippen LogP contribution in [0.25, 0.3) is 0 Å². The number of pyridine rings is 1. The average molecular weight is 391 g/mol. The van der Waals surface area contributed by atoms with E-state index in [2.05, 4.69) is 25.6 Å². The molecular formula is C22H25N5O2. The van der Waals surface area contributed by atoms with Gasteiger partial charge in [0.1, 0.15) is 5.69 Å². The Bertz CT molecular complexity index is 947. The predicted molar refractivity (Wildman–Crippen MR) is 106 cm³/mol. The molecule has 2 aromatic heterocycles. The summed E-state index contributed by atoms with van der Waals surface area (Å²) in [6.45, 7) is 1.89. The first-order chi connectivity index (χ1) is 13.9. The molecule has 4 saturated carbocycles. The zero-order valence-corrected chi connectivity index (χ0v) is 16.5. The molecule has 6 rings (SSSR count). The summed E-state index contributed by atoms with van der Waals surface area (Å²) >= 11 is 0. The molecular weight excluding hydrogens is 366 g/mol. The van der Waals surface area contributed by atoms with Crippen molar-refractivity contribution in [2.24, 2.45) is 11.8 Å². The second kappa shape index (κ2) is 6.61. The number of carbonyl (C=O) groups is 2. The van der Waals surface area contributed by atoms with E-state index in [4.69, 9.17) is 0 Å². The van der Waals surface area contributed by atoms with Crippen molar-refractivity contribution < 1.29 is 9.59 Å². The molecule has 2 N–H and O–H groups in total. The fraction of sp³-hybridized carbons (Fsp3) is 0.500. The number of rotatable bonds is 4. The molecule has 2 unspecified atom stereocenters. The maximum atomic E-state index is 12.9. The van der Waals surface area contributed by atoms with Crippen LogP contribution in [0.2, 0.25) is 0 Å². The second-order valence-electron chi connectivity index (χ2n) is 9.17. The number of hydrogen-bond donors (Lipinski definition) is 2. The average Bonchev–Trinajstić information content (AvgIpc) is 2.67. The molecule has 7 heteroatoms. The molecule has 4 bridgehead atoms. The molecule has 2 aromatic rings. The van der Waals surface area contributed by atoms with E-state index >= 15 is 0 Å². The zero-order valence-electron chi connectivity index (χ0n) is 16.5. The van der Waals surface area contributed by atoms with E-state index in [-0.39, 0.29) is 28.7 Å². The number of nitrogens with one attached hydrogen (secondary N) is 2. The Hall–Kier alpha value is -2.83. The summed E-state index contributed by atoms with van der Waals surface area (Å²) < 4.78 is 0. The summed E-state index contributed by atoms with van der Waals surface area (Å²) in [4.78, 5) is 38.3. The van der Waals surface area contributed by atoms with Crippen LogP contribution in [-0.4, -0.2) is 37.8 Å². The molecule has 0 aliphatic heterocycles. The van der Waals surface area contributed by atoms with Crippen molar-refractivity contribution in [1.29, 1.82) is 0 Å². The number of hydrogen-bond acceptors (Lipinski definition) is 5. The Kier molecular flexibility index (Phi) is 4.15. The van der Waals surface area contributed by atoms with Crippen molar-refractivity contribution in [3.63, 3.8) is 0 Å². The fourth-order valence-corrected chi connectivity index (χ4v) is 6.24. The third-order valence-corrected chi connectivity index (χ3v) is 6.71.